The fourth-order valence-electron chi connectivity index (χ4n) is 3.39. The Hall–Kier alpha value is -0.300. The first-order valence-corrected chi connectivity index (χ1v) is 7.79. The molecule has 0 aromatic rings. The first-order chi connectivity index (χ1) is 8.38. The predicted octanol–water partition coefficient (Wildman–Crippen LogP) is 4.44. The highest BCUT2D eigenvalue weighted by molar-refractivity contribution is 5.07. The summed E-state index contributed by atoms with van der Waals surface area (Å²) in [5.41, 5.74) is 1.71. The van der Waals surface area contributed by atoms with Gasteiger partial charge in [0.15, 0.2) is 0 Å². The molecule has 2 unspecified atom stereocenters. The number of nitrogens with one attached hydrogen (secondary N) is 1. The fraction of sp³-hybridized carbons (Fsp3) is 0.875. The molecule has 0 heterocycles. The molecule has 1 heteroatoms. The maximum atomic E-state index is 3.79. The quantitative estimate of drug-likeness (QED) is 0.549. The van der Waals surface area contributed by atoms with E-state index in [0.717, 1.165) is 12.0 Å². The van der Waals surface area contributed by atoms with Crippen LogP contribution >= 0.6 is 0 Å². The van der Waals surface area contributed by atoms with E-state index in [0.29, 0.717) is 0 Å². The third-order valence-corrected chi connectivity index (χ3v) is 4.68. The van der Waals surface area contributed by atoms with Crippen molar-refractivity contribution < 1.29 is 0 Å². The zero-order chi connectivity index (χ0) is 11.9. The Morgan fingerprint density at radius 3 is 2.88 bits per heavy atom. The molecule has 1 saturated carbocycles. The summed E-state index contributed by atoms with van der Waals surface area (Å²) in [5, 5.41) is 3.79. The summed E-state index contributed by atoms with van der Waals surface area (Å²) in [7, 11) is 0. The van der Waals surface area contributed by atoms with Crippen LogP contribution in [0.25, 0.3) is 0 Å². The lowest BCUT2D eigenvalue weighted by Gasteiger charge is -2.16. The Kier molecular flexibility index (Phi) is 5.57. The van der Waals surface area contributed by atoms with Crippen molar-refractivity contribution in [3.05, 3.63) is 11.6 Å². The molecule has 0 amide bonds. The summed E-state index contributed by atoms with van der Waals surface area (Å²) in [6.07, 6.45) is 16.4. The Labute approximate surface area is 107 Å². The average Bonchev–Trinajstić information content (AvgIpc) is 2.75. The number of hydrogen-bond acceptors (Lipinski definition) is 1. The number of rotatable bonds is 5. The number of hydrogen-bond donors (Lipinski definition) is 1. The van der Waals surface area contributed by atoms with Crippen LogP contribution in [0.4, 0.5) is 0 Å². The molecule has 1 fully saturated rings. The number of allylic oxidation sites excluding steroid dienone is 1. The van der Waals surface area contributed by atoms with Gasteiger partial charge in [0.25, 0.3) is 0 Å². The summed E-state index contributed by atoms with van der Waals surface area (Å²) < 4.78 is 0. The van der Waals surface area contributed by atoms with Crippen molar-refractivity contribution in [1.82, 2.24) is 5.32 Å². The minimum atomic E-state index is 0.813. The molecule has 2 atom stereocenters. The van der Waals surface area contributed by atoms with Gasteiger partial charge in [-0.25, -0.2) is 0 Å². The highest BCUT2D eigenvalue weighted by Crippen LogP contribution is 2.25. The minimum Gasteiger partial charge on any atom is -0.314 e. The molecule has 0 saturated heterocycles. The van der Waals surface area contributed by atoms with Crippen molar-refractivity contribution in [1.29, 1.82) is 0 Å². The molecule has 0 aliphatic heterocycles. The van der Waals surface area contributed by atoms with Gasteiger partial charge in [0.1, 0.15) is 0 Å². The maximum Gasteiger partial charge on any atom is 0.00672 e. The van der Waals surface area contributed by atoms with E-state index >= 15 is 0 Å². The third-order valence-electron chi connectivity index (χ3n) is 4.68. The van der Waals surface area contributed by atoms with Crippen LogP contribution in [0.1, 0.15) is 71.1 Å². The Morgan fingerprint density at radius 2 is 2.12 bits per heavy atom. The van der Waals surface area contributed by atoms with E-state index in [1.807, 2.05) is 0 Å². The molecule has 98 valence electrons. The van der Waals surface area contributed by atoms with Crippen LogP contribution in [0.3, 0.4) is 0 Å². The van der Waals surface area contributed by atoms with Gasteiger partial charge in [-0.1, -0.05) is 37.8 Å². The normalized spacial score (nSPS) is 30.1. The van der Waals surface area contributed by atoms with Crippen LogP contribution in [-0.4, -0.2) is 12.6 Å². The summed E-state index contributed by atoms with van der Waals surface area (Å²) in [6, 6.07) is 0.813. The second-order valence-corrected chi connectivity index (χ2v) is 5.94. The van der Waals surface area contributed by atoms with Gasteiger partial charge in [-0.05, 0) is 57.4 Å². The fourth-order valence-corrected chi connectivity index (χ4v) is 3.39. The summed E-state index contributed by atoms with van der Waals surface area (Å²) in [5.74, 6) is 1.01. The van der Waals surface area contributed by atoms with E-state index in [4.69, 9.17) is 0 Å². The van der Waals surface area contributed by atoms with Gasteiger partial charge in [-0.3, -0.25) is 0 Å². The molecule has 0 bridgehead atoms. The van der Waals surface area contributed by atoms with E-state index in [1.165, 1.54) is 70.8 Å². The maximum absolute atomic E-state index is 3.79. The largest absolute Gasteiger partial charge is 0.314 e. The molecule has 2 aliphatic rings. The Morgan fingerprint density at radius 1 is 1.18 bits per heavy atom. The van der Waals surface area contributed by atoms with Gasteiger partial charge in [-0.15, -0.1) is 0 Å². The lowest BCUT2D eigenvalue weighted by Crippen LogP contribution is -2.29. The van der Waals surface area contributed by atoms with Crippen LogP contribution in [0.5, 0.6) is 0 Å². The molecule has 2 rings (SSSR count). The molecule has 0 aromatic carbocycles. The van der Waals surface area contributed by atoms with E-state index in [-0.39, 0.29) is 0 Å². The SMILES string of the molecule is CCC1CCCC(NCCC2=CCCC2)CC1. The first kappa shape index (κ1) is 13.1. The van der Waals surface area contributed by atoms with Crippen LogP contribution in [-0.2, 0) is 0 Å². The molecule has 0 spiro atoms. The zero-order valence-corrected chi connectivity index (χ0v) is 11.5. The summed E-state index contributed by atoms with van der Waals surface area (Å²) in [4.78, 5) is 0. The van der Waals surface area contributed by atoms with Gasteiger partial charge in [-0.2, -0.15) is 0 Å². The average molecular weight is 235 g/mol. The minimum absolute atomic E-state index is 0.813. The molecule has 0 aromatic heterocycles. The highest BCUT2D eigenvalue weighted by Gasteiger charge is 2.17. The van der Waals surface area contributed by atoms with Gasteiger partial charge < -0.3 is 5.32 Å². The highest BCUT2D eigenvalue weighted by atomic mass is 14.9. The van der Waals surface area contributed by atoms with Crippen molar-refractivity contribution in [3.63, 3.8) is 0 Å². The Balaban J connectivity index is 1.61. The van der Waals surface area contributed by atoms with Crippen molar-refractivity contribution in [2.45, 2.75) is 77.2 Å². The zero-order valence-electron chi connectivity index (χ0n) is 11.5. The molecule has 1 N–H and O–H groups in total. The van der Waals surface area contributed by atoms with Crippen LogP contribution in [0.2, 0.25) is 0 Å². The lowest BCUT2D eigenvalue weighted by atomic mass is 9.98. The van der Waals surface area contributed by atoms with E-state index in [9.17, 15) is 0 Å². The smallest absolute Gasteiger partial charge is 0.00672 e. The molecular weight excluding hydrogens is 206 g/mol. The predicted molar refractivity (Wildman–Crippen MR) is 75.2 cm³/mol. The molecular formula is C16H29N. The second-order valence-electron chi connectivity index (χ2n) is 5.94. The van der Waals surface area contributed by atoms with E-state index in [2.05, 4.69) is 18.3 Å². The van der Waals surface area contributed by atoms with Gasteiger partial charge in [0, 0.05) is 6.04 Å². The van der Waals surface area contributed by atoms with Crippen LogP contribution in [0.15, 0.2) is 11.6 Å². The van der Waals surface area contributed by atoms with Crippen molar-refractivity contribution in [2.24, 2.45) is 5.92 Å². The first-order valence-electron chi connectivity index (χ1n) is 7.79. The topological polar surface area (TPSA) is 12.0 Å². The van der Waals surface area contributed by atoms with Crippen molar-refractivity contribution in [3.8, 4) is 0 Å². The van der Waals surface area contributed by atoms with E-state index < -0.39 is 0 Å². The molecule has 17 heavy (non-hydrogen) atoms. The standard InChI is InChI=1S/C16H29N/c1-2-14-8-5-9-16(11-10-14)17-13-12-15-6-3-4-7-15/h6,14,16-17H,2-5,7-13H2,1H3. The third kappa shape index (κ3) is 4.46. The van der Waals surface area contributed by atoms with Gasteiger partial charge in [0.2, 0.25) is 0 Å². The van der Waals surface area contributed by atoms with Crippen molar-refractivity contribution >= 4 is 0 Å². The van der Waals surface area contributed by atoms with Crippen LogP contribution < -0.4 is 5.32 Å². The monoisotopic (exact) mass is 235 g/mol. The summed E-state index contributed by atoms with van der Waals surface area (Å²) in [6.45, 7) is 3.57. The molecule has 2 aliphatic carbocycles. The lowest BCUT2D eigenvalue weighted by molar-refractivity contribution is 0.426. The second kappa shape index (κ2) is 7.20. The summed E-state index contributed by atoms with van der Waals surface area (Å²) >= 11 is 0. The Bertz CT molecular complexity index is 244. The van der Waals surface area contributed by atoms with E-state index in [1.54, 1.807) is 5.57 Å². The van der Waals surface area contributed by atoms with Crippen molar-refractivity contribution in [2.75, 3.05) is 6.54 Å². The molecule has 1 nitrogen and oxygen atoms in total. The van der Waals surface area contributed by atoms with Gasteiger partial charge in [0.05, 0.1) is 0 Å². The van der Waals surface area contributed by atoms with Gasteiger partial charge >= 0.3 is 0 Å². The van der Waals surface area contributed by atoms with Crippen LogP contribution in [0, 0.1) is 5.92 Å². The molecule has 0 radical (unpaired) electrons.